The number of nitrogens with one attached hydrogen (secondary N) is 1. The predicted molar refractivity (Wildman–Crippen MR) is 132 cm³/mol. The molecule has 1 aliphatic rings. The molecule has 1 N–H and O–H groups in total. The van der Waals surface area contributed by atoms with Crippen molar-refractivity contribution in [2.75, 3.05) is 33.4 Å². The zero-order chi connectivity index (χ0) is 26.9. The van der Waals surface area contributed by atoms with Gasteiger partial charge in [-0.15, -0.1) is 0 Å². The van der Waals surface area contributed by atoms with Crippen molar-refractivity contribution >= 4 is 23.8 Å². The number of likely N-dealkylation sites (tertiary alicyclic amines) is 1. The van der Waals surface area contributed by atoms with E-state index in [2.05, 4.69) is 5.32 Å². The molecular weight excluding hydrogens is 468 g/mol. The number of amides is 2. The van der Waals surface area contributed by atoms with Crippen LogP contribution in [0.4, 0.5) is 4.79 Å². The van der Waals surface area contributed by atoms with Crippen molar-refractivity contribution < 1.29 is 38.1 Å². The number of Topliss-reactive ketones (excluding diaryl/α,β-unsaturated/α-hetero) is 1. The molecule has 36 heavy (non-hydrogen) atoms. The van der Waals surface area contributed by atoms with Gasteiger partial charge in [0.15, 0.2) is 12.4 Å². The number of ether oxygens (including phenoxy) is 4. The molecule has 200 valence electrons. The number of likely N-dealkylation sites (N-methyl/N-ethyl adjacent to an activating group) is 1. The topological polar surface area (TPSA) is 120 Å². The Hall–Kier alpha value is -3.14. The second-order valence-corrected chi connectivity index (χ2v) is 9.61. The van der Waals surface area contributed by atoms with Crippen LogP contribution in [0.1, 0.15) is 57.8 Å². The molecule has 10 nitrogen and oxygen atoms in total. The van der Waals surface area contributed by atoms with Crippen molar-refractivity contribution in [2.45, 2.75) is 65.3 Å². The fourth-order valence-corrected chi connectivity index (χ4v) is 3.72. The Kier molecular flexibility index (Phi) is 10.7. The first kappa shape index (κ1) is 29.1. The third kappa shape index (κ3) is 8.82. The minimum atomic E-state index is -0.986. The minimum Gasteiger partial charge on any atom is -0.482 e. The van der Waals surface area contributed by atoms with Gasteiger partial charge in [-0.3, -0.25) is 9.59 Å². The Balaban J connectivity index is 1.98. The highest BCUT2D eigenvalue weighted by atomic mass is 16.6. The molecule has 1 aromatic carbocycles. The Morgan fingerprint density at radius 3 is 2.22 bits per heavy atom. The molecule has 1 heterocycles. The van der Waals surface area contributed by atoms with Crippen LogP contribution in [0.25, 0.3) is 0 Å². The average molecular weight is 507 g/mol. The van der Waals surface area contributed by atoms with E-state index >= 15 is 0 Å². The largest absolute Gasteiger partial charge is 0.482 e. The molecule has 1 unspecified atom stereocenters. The number of nitrogens with zero attached hydrogens (tertiary/aromatic N) is 1. The van der Waals surface area contributed by atoms with Gasteiger partial charge in [0.25, 0.3) is 0 Å². The van der Waals surface area contributed by atoms with Gasteiger partial charge in [-0.05, 0) is 64.8 Å². The van der Waals surface area contributed by atoms with E-state index in [0.717, 1.165) is 0 Å². The summed E-state index contributed by atoms with van der Waals surface area (Å²) < 4.78 is 21.7. The predicted octanol–water partition coefficient (Wildman–Crippen LogP) is 2.98. The number of ketones is 1. The van der Waals surface area contributed by atoms with E-state index in [1.165, 1.54) is 7.05 Å². The maximum Gasteiger partial charge on any atom is 0.410 e. The van der Waals surface area contributed by atoms with E-state index in [-0.39, 0.29) is 37.1 Å². The van der Waals surface area contributed by atoms with Crippen molar-refractivity contribution in [3.05, 3.63) is 29.8 Å². The number of hydrogen-bond acceptors (Lipinski definition) is 8. The van der Waals surface area contributed by atoms with E-state index in [1.807, 2.05) is 20.8 Å². The summed E-state index contributed by atoms with van der Waals surface area (Å²) in [5.74, 6) is -1.46. The lowest BCUT2D eigenvalue weighted by molar-refractivity contribution is -0.145. The fraction of sp³-hybridized carbons (Fsp3) is 0.615. The molecule has 2 amide bonds. The van der Waals surface area contributed by atoms with Gasteiger partial charge in [0.1, 0.15) is 17.5 Å². The van der Waals surface area contributed by atoms with Gasteiger partial charge in [0.05, 0.1) is 18.6 Å². The maximum absolute atomic E-state index is 13.1. The molecule has 2 rings (SSSR count). The van der Waals surface area contributed by atoms with Gasteiger partial charge in [-0.2, -0.15) is 0 Å². The maximum atomic E-state index is 13.1. The molecule has 0 bridgehead atoms. The van der Waals surface area contributed by atoms with E-state index in [1.54, 1.807) is 43.0 Å². The minimum absolute atomic E-state index is 0.225. The Bertz CT molecular complexity index is 902. The molecule has 0 aliphatic carbocycles. The first-order valence-electron chi connectivity index (χ1n) is 12.2. The summed E-state index contributed by atoms with van der Waals surface area (Å²) in [6.07, 6.45) is -0.581. The smallest absolute Gasteiger partial charge is 0.410 e. The quantitative estimate of drug-likeness (QED) is 0.380. The Morgan fingerprint density at radius 1 is 1.08 bits per heavy atom. The van der Waals surface area contributed by atoms with Crippen LogP contribution in [0.5, 0.6) is 5.75 Å². The Labute approximate surface area is 212 Å². The highest BCUT2D eigenvalue weighted by Crippen LogP contribution is 2.23. The number of piperidine rings is 1. The lowest BCUT2D eigenvalue weighted by Gasteiger charge is -2.35. The van der Waals surface area contributed by atoms with Gasteiger partial charge < -0.3 is 29.2 Å². The van der Waals surface area contributed by atoms with Gasteiger partial charge in [-0.1, -0.05) is 6.92 Å². The second-order valence-electron chi connectivity index (χ2n) is 9.61. The zero-order valence-corrected chi connectivity index (χ0v) is 22.0. The van der Waals surface area contributed by atoms with E-state index < -0.39 is 23.6 Å². The molecule has 1 aromatic rings. The number of carbonyl (C=O) groups excluding carboxylic acids is 4. The first-order chi connectivity index (χ1) is 16.9. The van der Waals surface area contributed by atoms with Gasteiger partial charge >= 0.3 is 12.1 Å². The molecule has 0 spiro atoms. The normalized spacial score (nSPS) is 16.0. The molecule has 10 heteroatoms. The summed E-state index contributed by atoms with van der Waals surface area (Å²) in [5, 5.41) is 2.58. The van der Waals surface area contributed by atoms with Gasteiger partial charge in [0.2, 0.25) is 5.91 Å². The van der Waals surface area contributed by atoms with Gasteiger partial charge in [0, 0.05) is 25.7 Å². The zero-order valence-electron chi connectivity index (χ0n) is 22.0. The summed E-state index contributed by atoms with van der Waals surface area (Å²) >= 11 is 0. The summed E-state index contributed by atoms with van der Waals surface area (Å²) in [6, 6.07) is 6.34. The van der Waals surface area contributed by atoms with Crippen LogP contribution in [0.15, 0.2) is 24.3 Å². The van der Waals surface area contributed by atoms with E-state index in [0.29, 0.717) is 37.2 Å². The van der Waals surface area contributed by atoms with Crippen LogP contribution >= 0.6 is 0 Å². The average Bonchev–Trinajstić information content (AvgIpc) is 2.84. The third-order valence-corrected chi connectivity index (χ3v) is 5.61. The molecule has 0 aromatic heterocycles. The molecule has 1 fully saturated rings. The van der Waals surface area contributed by atoms with Crippen LogP contribution in [-0.2, 0) is 23.8 Å². The third-order valence-electron chi connectivity index (χ3n) is 5.61. The van der Waals surface area contributed by atoms with E-state index in [4.69, 9.17) is 18.9 Å². The molecule has 1 saturated heterocycles. The molecule has 2 atom stereocenters. The summed E-state index contributed by atoms with van der Waals surface area (Å²) in [4.78, 5) is 51.1. The fourth-order valence-electron chi connectivity index (χ4n) is 3.72. The SMILES string of the molecule is CCOC(=O)COc1ccc(C(=O)C(C)[C@H](OC2CCN(C(=O)OC(C)(C)C)CC2)C(=O)NC)cc1. The summed E-state index contributed by atoms with van der Waals surface area (Å²) in [7, 11) is 1.50. The standard InChI is InChI=1S/C26H38N2O8/c1-7-33-21(29)16-34-19-10-8-18(9-11-19)22(30)17(2)23(24(31)27-6)35-20-12-14-28(15-13-20)25(32)36-26(3,4)5/h8-11,17,20,23H,7,12-16H2,1-6H3,(H,27,31)/t17?,23-/m0/s1. The number of esters is 1. The summed E-state index contributed by atoms with van der Waals surface area (Å²) in [5.41, 5.74) is -0.182. The second kappa shape index (κ2) is 13.2. The number of hydrogen-bond donors (Lipinski definition) is 1. The van der Waals surface area contributed by atoms with Crippen LogP contribution in [0.3, 0.4) is 0 Å². The van der Waals surface area contributed by atoms with Gasteiger partial charge in [-0.25, -0.2) is 9.59 Å². The van der Waals surface area contributed by atoms with E-state index in [9.17, 15) is 19.2 Å². The summed E-state index contributed by atoms with van der Waals surface area (Å²) in [6.45, 7) is 9.74. The van der Waals surface area contributed by atoms with Crippen LogP contribution in [0, 0.1) is 5.92 Å². The highest BCUT2D eigenvalue weighted by molar-refractivity contribution is 6.01. The molecule has 0 radical (unpaired) electrons. The van der Waals surface area contributed by atoms with Crippen LogP contribution in [0.2, 0.25) is 0 Å². The van der Waals surface area contributed by atoms with Crippen molar-refractivity contribution in [2.24, 2.45) is 5.92 Å². The monoisotopic (exact) mass is 506 g/mol. The van der Waals surface area contributed by atoms with Crippen molar-refractivity contribution in [3.8, 4) is 5.75 Å². The first-order valence-corrected chi connectivity index (χ1v) is 12.2. The number of benzene rings is 1. The van der Waals surface area contributed by atoms with Crippen molar-refractivity contribution in [1.29, 1.82) is 0 Å². The molecule has 0 saturated carbocycles. The van der Waals surface area contributed by atoms with Crippen molar-refractivity contribution in [3.63, 3.8) is 0 Å². The molecule has 1 aliphatic heterocycles. The Morgan fingerprint density at radius 2 is 1.69 bits per heavy atom. The van der Waals surface area contributed by atoms with Crippen LogP contribution in [-0.4, -0.2) is 79.8 Å². The number of rotatable bonds is 10. The lowest BCUT2D eigenvalue weighted by atomic mass is 9.93. The van der Waals surface area contributed by atoms with Crippen molar-refractivity contribution in [1.82, 2.24) is 10.2 Å². The van der Waals surface area contributed by atoms with Crippen LogP contribution < -0.4 is 10.1 Å². The number of carbonyl (C=O) groups is 4. The lowest BCUT2D eigenvalue weighted by Crippen LogP contribution is -2.48. The molecular formula is C26H38N2O8. The highest BCUT2D eigenvalue weighted by Gasteiger charge is 2.35.